The van der Waals surface area contributed by atoms with Crippen LogP contribution in [0.2, 0.25) is 0 Å². The zero-order valence-electron chi connectivity index (χ0n) is 20.5. The van der Waals surface area contributed by atoms with Gasteiger partial charge in [-0.15, -0.1) is 0 Å². The summed E-state index contributed by atoms with van der Waals surface area (Å²) in [4.78, 5) is 39.3. The van der Waals surface area contributed by atoms with Gasteiger partial charge in [-0.25, -0.2) is 4.79 Å². The number of benzene rings is 2. The van der Waals surface area contributed by atoms with Crippen molar-refractivity contribution in [3.05, 3.63) is 80.6 Å². The average Bonchev–Trinajstić information content (AvgIpc) is 3.28. The van der Waals surface area contributed by atoms with E-state index in [4.69, 9.17) is 4.42 Å². The number of rotatable bonds is 5. The van der Waals surface area contributed by atoms with Crippen molar-refractivity contribution >= 4 is 28.5 Å². The van der Waals surface area contributed by atoms with Gasteiger partial charge in [0.15, 0.2) is 11.2 Å². The summed E-state index contributed by atoms with van der Waals surface area (Å²) in [5.41, 5.74) is 3.71. The molecule has 2 N–H and O–H groups in total. The molecule has 36 heavy (non-hydrogen) atoms. The maximum atomic E-state index is 13.4. The van der Waals surface area contributed by atoms with E-state index >= 15 is 0 Å². The van der Waals surface area contributed by atoms with Crippen molar-refractivity contribution in [2.45, 2.75) is 33.4 Å². The summed E-state index contributed by atoms with van der Waals surface area (Å²) in [6, 6.07) is 11.7. The molecule has 0 spiro atoms. The first-order valence-electron chi connectivity index (χ1n) is 11.7. The number of nitrogens with one attached hydrogen (secondary N) is 1. The number of carboxylic acids is 1. The first kappa shape index (κ1) is 23.3. The predicted molar refractivity (Wildman–Crippen MR) is 136 cm³/mol. The van der Waals surface area contributed by atoms with E-state index in [1.54, 1.807) is 53.9 Å². The lowest BCUT2D eigenvalue weighted by atomic mass is 9.99. The van der Waals surface area contributed by atoms with Crippen LogP contribution in [0.4, 0.5) is 5.69 Å². The molecule has 0 radical (unpaired) electrons. The molecule has 0 aliphatic carbocycles. The largest absolute Gasteiger partial charge is 0.478 e. The standard InChI is InChI=1S/C27H26N4O5/c1-14-11-18(16(3)28-20-8-6-5-7-17(20)27(34)35)25-19(12-14)23(32)15(2)24(36-25)21-13-22-26(33)30(4)9-10-31(22)29-21/h5-8,11-13,16,28H,9-10H2,1-4H3,(H,34,35). The number of hydrogen-bond acceptors (Lipinski definition) is 6. The van der Waals surface area contributed by atoms with Crippen LogP contribution in [-0.4, -0.2) is 45.3 Å². The van der Waals surface area contributed by atoms with Crippen molar-refractivity contribution < 1.29 is 19.1 Å². The number of nitrogens with zero attached hydrogens (tertiary/aromatic N) is 3. The summed E-state index contributed by atoms with van der Waals surface area (Å²) >= 11 is 0. The molecule has 0 fully saturated rings. The minimum atomic E-state index is -1.03. The Kier molecular flexibility index (Phi) is 5.62. The van der Waals surface area contributed by atoms with Gasteiger partial charge in [0, 0.05) is 36.5 Å². The van der Waals surface area contributed by atoms with E-state index < -0.39 is 5.97 Å². The van der Waals surface area contributed by atoms with Crippen molar-refractivity contribution in [3.63, 3.8) is 0 Å². The summed E-state index contributed by atoms with van der Waals surface area (Å²) < 4.78 is 8.01. The van der Waals surface area contributed by atoms with Gasteiger partial charge in [0.05, 0.1) is 23.5 Å². The molecule has 1 atom stereocenters. The molecule has 4 aromatic rings. The van der Waals surface area contributed by atoms with E-state index in [0.717, 1.165) is 5.56 Å². The number of amides is 1. The summed E-state index contributed by atoms with van der Waals surface area (Å²) in [6.07, 6.45) is 0. The average molecular weight is 487 g/mol. The van der Waals surface area contributed by atoms with Crippen LogP contribution in [0.3, 0.4) is 0 Å². The fraction of sp³-hybridized carbons (Fsp3) is 0.259. The van der Waals surface area contributed by atoms with Crippen molar-refractivity contribution in [1.29, 1.82) is 0 Å². The number of carbonyl (C=O) groups is 2. The molecule has 5 rings (SSSR count). The Morgan fingerprint density at radius 3 is 2.64 bits per heavy atom. The number of aromatic carboxylic acids is 1. The van der Waals surface area contributed by atoms with Crippen LogP contribution in [0, 0.1) is 13.8 Å². The van der Waals surface area contributed by atoms with E-state index in [-0.39, 0.29) is 22.9 Å². The van der Waals surface area contributed by atoms with Crippen LogP contribution >= 0.6 is 0 Å². The fourth-order valence-corrected chi connectivity index (χ4v) is 4.65. The van der Waals surface area contributed by atoms with Gasteiger partial charge in [-0.05, 0) is 44.5 Å². The highest BCUT2D eigenvalue weighted by Crippen LogP contribution is 2.33. The summed E-state index contributed by atoms with van der Waals surface area (Å²) in [6.45, 7) is 6.59. The zero-order chi connectivity index (χ0) is 25.7. The van der Waals surface area contributed by atoms with Gasteiger partial charge in [0.1, 0.15) is 17.0 Å². The van der Waals surface area contributed by atoms with Crippen molar-refractivity contribution in [1.82, 2.24) is 14.7 Å². The first-order chi connectivity index (χ1) is 17.2. The second kappa shape index (κ2) is 8.67. The number of para-hydroxylation sites is 1. The highest BCUT2D eigenvalue weighted by molar-refractivity contribution is 5.95. The van der Waals surface area contributed by atoms with Gasteiger partial charge in [-0.3, -0.25) is 14.3 Å². The predicted octanol–water partition coefficient (Wildman–Crippen LogP) is 4.23. The number of carboxylic acid groups (broad SMARTS) is 1. The number of likely N-dealkylation sites (N-methyl/N-ethyl adjacent to an activating group) is 1. The van der Waals surface area contributed by atoms with Crippen LogP contribution in [0.5, 0.6) is 0 Å². The summed E-state index contributed by atoms with van der Waals surface area (Å²) in [7, 11) is 1.74. The highest BCUT2D eigenvalue weighted by atomic mass is 16.4. The molecule has 2 aromatic heterocycles. The van der Waals surface area contributed by atoms with E-state index in [0.29, 0.717) is 58.0 Å². The minimum absolute atomic E-state index is 0.132. The fourth-order valence-electron chi connectivity index (χ4n) is 4.65. The summed E-state index contributed by atoms with van der Waals surface area (Å²) in [5, 5.41) is 17.8. The maximum Gasteiger partial charge on any atom is 0.337 e. The number of carbonyl (C=O) groups excluding carboxylic acids is 1. The van der Waals surface area contributed by atoms with E-state index in [2.05, 4.69) is 10.4 Å². The third-order valence-corrected chi connectivity index (χ3v) is 6.61. The number of aromatic nitrogens is 2. The molecule has 0 saturated carbocycles. The Morgan fingerprint density at radius 1 is 1.14 bits per heavy atom. The van der Waals surface area contributed by atoms with Gasteiger partial charge >= 0.3 is 5.97 Å². The number of aryl methyl sites for hydroxylation is 1. The molecule has 3 heterocycles. The molecule has 1 amide bonds. The molecule has 9 nitrogen and oxygen atoms in total. The zero-order valence-corrected chi connectivity index (χ0v) is 20.5. The third-order valence-electron chi connectivity index (χ3n) is 6.61. The molecule has 0 bridgehead atoms. The van der Waals surface area contributed by atoms with E-state index in [1.165, 1.54) is 6.07 Å². The van der Waals surface area contributed by atoms with Crippen molar-refractivity contribution in [2.75, 3.05) is 18.9 Å². The molecular formula is C27H26N4O5. The Balaban J connectivity index is 1.65. The van der Waals surface area contributed by atoms with Gasteiger partial charge in [0.2, 0.25) is 0 Å². The lowest BCUT2D eigenvalue weighted by Crippen LogP contribution is -2.37. The van der Waals surface area contributed by atoms with Gasteiger partial charge < -0.3 is 19.7 Å². The molecule has 2 aromatic carbocycles. The third kappa shape index (κ3) is 3.82. The molecule has 1 unspecified atom stereocenters. The Labute approximate surface area is 207 Å². The molecule has 184 valence electrons. The first-order valence-corrected chi connectivity index (χ1v) is 11.7. The Bertz CT molecular complexity index is 1600. The molecular weight excluding hydrogens is 460 g/mol. The smallest absolute Gasteiger partial charge is 0.337 e. The number of anilines is 1. The number of fused-ring (bicyclic) bond motifs is 2. The Hall–Kier alpha value is -4.40. The molecule has 0 saturated heterocycles. The quantitative estimate of drug-likeness (QED) is 0.433. The Morgan fingerprint density at radius 2 is 1.89 bits per heavy atom. The van der Waals surface area contributed by atoms with Crippen LogP contribution < -0.4 is 10.7 Å². The van der Waals surface area contributed by atoms with E-state index in [9.17, 15) is 19.5 Å². The molecule has 1 aliphatic heterocycles. The van der Waals surface area contributed by atoms with Crippen molar-refractivity contribution in [2.24, 2.45) is 0 Å². The maximum absolute atomic E-state index is 13.4. The normalized spacial score (nSPS) is 14.1. The van der Waals surface area contributed by atoms with Crippen LogP contribution in [-0.2, 0) is 6.54 Å². The second-order valence-corrected chi connectivity index (χ2v) is 9.20. The molecule has 9 heteroatoms. The minimum Gasteiger partial charge on any atom is -0.478 e. The highest BCUT2D eigenvalue weighted by Gasteiger charge is 2.27. The summed E-state index contributed by atoms with van der Waals surface area (Å²) in [5.74, 6) is -0.854. The van der Waals surface area contributed by atoms with Gasteiger partial charge in [0.25, 0.3) is 5.91 Å². The number of hydrogen-bond donors (Lipinski definition) is 2. The monoisotopic (exact) mass is 486 g/mol. The van der Waals surface area contributed by atoms with E-state index in [1.807, 2.05) is 19.9 Å². The van der Waals surface area contributed by atoms with Gasteiger partial charge in [-0.1, -0.05) is 18.2 Å². The van der Waals surface area contributed by atoms with Crippen molar-refractivity contribution in [3.8, 4) is 11.5 Å². The lowest BCUT2D eigenvalue weighted by molar-refractivity contribution is 0.0696. The lowest BCUT2D eigenvalue weighted by Gasteiger charge is -2.22. The van der Waals surface area contributed by atoms with Gasteiger partial charge in [-0.2, -0.15) is 5.10 Å². The van der Waals surface area contributed by atoms with Crippen LogP contribution in [0.25, 0.3) is 22.4 Å². The SMILES string of the molecule is Cc1cc(C(C)Nc2ccccc2C(=O)O)c2oc(-c3cc4n(n3)CCN(C)C4=O)c(C)c(=O)c2c1. The molecule has 1 aliphatic rings. The second-order valence-electron chi connectivity index (χ2n) is 9.20. The topological polar surface area (TPSA) is 118 Å². The van der Waals surface area contributed by atoms with Crippen LogP contribution in [0.15, 0.2) is 51.7 Å². The van der Waals surface area contributed by atoms with Crippen LogP contribution in [0.1, 0.15) is 50.5 Å².